The highest BCUT2D eigenvalue weighted by Gasteiger charge is 2.30. The lowest BCUT2D eigenvalue weighted by atomic mass is 9.99. The number of hydrogen-bond donors (Lipinski definition) is 1. The Morgan fingerprint density at radius 3 is 2.67 bits per heavy atom. The summed E-state index contributed by atoms with van der Waals surface area (Å²) in [7, 11) is 0. The Balaban J connectivity index is 2.76. The topological polar surface area (TPSA) is 60.9 Å². The highest BCUT2D eigenvalue weighted by atomic mass is 35.5. The molecule has 114 valence electrons. The molecule has 21 heavy (non-hydrogen) atoms. The molecule has 2 aromatic rings. The highest BCUT2D eigenvalue weighted by molar-refractivity contribution is 6.17. The van der Waals surface area contributed by atoms with Crippen molar-refractivity contribution < 1.29 is 13.6 Å². The number of aryl methyl sites for hydroxylation is 1. The number of rotatable bonds is 5. The second-order valence-electron chi connectivity index (χ2n) is 5.49. The van der Waals surface area contributed by atoms with Crippen LogP contribution in [0, 0.1) is 11.6 Å². The van der Waals surface area contributed by atoms with Crippen molar-refractivity contribution in [2.24, 2.45) is 5.73 Å². The van der Waals surface area contributed by atoms with E-state index in [1.54, 1.807) is 13.8 Å². The zero-order valence-corrected chi connectivity index (χ0v) is 12.5. The van der Waals surface area contributed by atoms with E-state index in [1.165, 1.54) is 10.6 Å². The van der Waals surface area contributed by atoms with Gasteiger partial charge < -0.3 is 10.3 Å². The molecule has 2 N–H and O–H groups in total. The number of amides is 1. The number of carbonyl (C=O) groups is 1. The van der Waals surface area contributed by atoms with Crippen molar-refractivity contribution in [3.8, 4) is 0 Å². The molecule has 0 radical (unpaired) electrons. The fourth-order valence-corrected chi connectivity index (χ4v) is 2.73. The monoisotopic (exact) mass is 315 g/mol. The van der Waals surface area contributed by atoms with Crippen LogP contribution in [0.4, 0.5) is 8.78 Å². The lowest BCUT2D eigenvalue weighted by Crippen LogP contribution is -2.33. The van der Waals surface area contributed by atoms with E-state index in [9.17, 15) is 13.6 Å². The molecule has 0 aliphatic carbocycles. The van der Waals surface area contributed by atoms with Crippen LogP contribution in [-0.4, -0.2) is 21.3 Å². The molecule has 1 amide bonds. The number of imidazole rings is 1. The van der Waals surface area contributed by atoms with Crippen LogP contribution in [0.2, 0.25) is 0 Å². The first-order chi connectivity index (χ1) is 9.77. The smallest absolute Gasteiger partial charge is 0.219 e. The first-order valence-corrected chi connectivity index (χ1v) is 7.01. The standard InChI is InChI=1S/C14H16ClF2N3O/c1-14(2,7-10(18)21)20-11(5-6-15)19-9-4-3-8(16)12(17)13(9)20/h3-4H,5-7H2,1-2H3,(H2,18,21). The normalized spacial score (nSPS) is 12.0. The van der Waals surface area contributed by atoms with E-state index in [4.69, 9.17) is 17.3 Å². The molecule has 0 atom stereocenters. The Morgan fingerprint density at radius 2 is 2.10 bits per heavy atom. The number of nitrogens with zero attached hydrogens (tertiary/aromatic N) is 2. The maximum absolute atomic E-state index is 14.2. The lowest BCUT2D eigenvalue weighted by molar-refractivity contribution is -0.119. The number of carbonyl (C=O) groups excluding carboxylic acids is 1. The molecule has 0 unspecified atom stereocenters. The van der Waals surface area contributed by atoms with Crippen LogP contribution >= 0.6 is 11.6 Å². The van der Waals surface area contributed by atoms with Gasteiger partial charge in [-0.05, 0) is 26.0 Å². The molecule has 0 aliphatic heterocycles. The van der Waals surface area contributed by atoms with Crippen molar-refractivity contribution in [1.29, 1.82) is 0 Å². The Kier molecular flexibility index (Phi) is 4.18. The molecule has 1 aromatic heterocycles. The SMILES string of the molecule is CC(C)(CC(N)=O)n1c(CCCl)nc2ccc(F)c(F)c21. The molecule has 0 spiro atoms. The number of hydrogen-bond acceptors (Lipinski definition) is 2. The van der Waals surface area contributed by atoms with Crippen LogP contribution in [0.15, 0.2) is 12.1 Å². The predicted molar refractivity (Wildman–Crippen MR) is 77.2 cm³/mol. The summed E-state index contributed by atoms with van der Waals surface area (Å²) in [6, 6.07) is 2.43. The molecule has 2 rings (SSSR count). The van der Waals surface area contributed by atoms with E-state index in [-0.39, 0.29) is 17.8 Å². The van der Waals surface area contributed by atoms with Gasteiger partial charge in [-0.25, -0.2) is 13.8 Å². The molecule has 7 heteroatoms. The minimum absolute atomic E-state index is 0.0241. The molecular formula is C14H16ClF2N3O. The quantitative estimate of drug-likeness (QED) is 0.862. The molecular weight excluding hydrogens is 300 g/mol. The number of nitrogens with two attached hydrogens (primary N) is 1. The molecule has 0 fully saturated rings. The fraction of sp³-hybridized carbons (Fsp3) is 0.429. The lowest BCUT2D eigenvalue weighted by Gasteiger charge is -2.28. The number of halogens is 3. The minimum atomic E-state index is -0.988. The summed E-state index contributed by atoms with van der Waals surface area (Å²) in [6.07, 6.45) is 0.350. The maximum Gasteiger partial charge on any atom is 0.219 e. The highest BCUT2D eigenvalue weighted by Crippen LogP contribution is 2.31. The van der Waals surface area contributed by atoms with E-state index < -0.39 is 23.1 Å². The van der Waals surface area contributed by atoms with Gasteiger partial charge in [-0.3, -0.25) is 4.79 Å². The van der Waals surface area contributed by atoms with Crippen LogP contribution < -0.4 is 5.73 Å². The fourth-order valence-electron chi connectivity index (χ4n) is 2.56. The van der Waals surface area contributed by atoms with Crippen molar-refractivity contribution in [3.05, 3.63) is 29.6 Å². The average molecular weight is 316 g/mol. The number of alkyl halides is 1. The number of fused-ring (bicyclic) bond motifs is 1. The summed E-state index contributed by atoms with van der Waals surface area (Å²) in [5.74, 6) is -1.71. The summed E-state index contributed by atoms with van der Waals surface area (Å²) in [5.41, 5.74) is 4.77. The first-order valence-electron chi connectivity index (χ1n) is 6.48. The molecule has 0 bridgehead atoms. The van der Waals surface area contributed by atoms with Gasteiger partial charge in [0.05, 0.1) is 5.52 Å². The summed E-state index contributed by atoms with van der Waals surface area (Å²) < 4.78 is 29.3. The Bertz CT molecular complexity index is 697. The third-order valence-electron chi connectivity index (χ3n) is 3.31. The van der Waals surface area contributed by atoms with Crippen LogP contribution in [-0.2, 0) is 16.8 Å². The third-order valence-corrected chi connectivity index (χ3v) is 3.50. The molecule has 4 nitrogen and oxygen atoms in total. The van der Waals surface area contributed by atoms with Crippen LogP contribution in [0.25, 0.3) is 11.0 Å². The van der Waals surface area contributed by atoms with Crippen molar-refractivity contribution >= 4 is 28.5 Å². The zero-order valence-electron chi connectivity index (χ0n) is 11.8. The van der Waals surface area contributed by atoms with Gasteiger partial charge in [0.25, 0.3) is 0 Å². The minimum Gasteiger partial charge on any atom is -0.370 e. The molecule has 1 aromatic carbocycles. The average Bonchev–Trinajstić information content (AvgIpc) is 2.73. The molecule has 0 saturated heterocycles. The van der Waals surface area contributed by atoms with Gasteiger partial charge in [-0.2, -0.15) is 0 Å². The van der Waals surface area contributed by atoms with Gasteiger partial charge in [0, 0.05) is 24.3 Å². The van der Waals surface area contributed by atoms with Crippen molar-refractivity contribution in [1.82, 2.24) is 9.55 Å². The largest absolute Gasteiger partial charge is 0.370 e. The number of primary amides is 1. The van der Waals surface area contributed by atoms with E-state index >= 15 is 0 Å². The van der Waals surface area contributed by atoms with Crippen LogP contribution in [0.5, 0.6) is 0 Å². The summed E-state index contributed by atoms with van der Waals surface area (Å²) in [6.45, 7) is 3.45. The van der Waals surface area contributed by atoms with Gasteiger partial charge in [-0.15, -0.1) is 11.6 Å². The molecule has 0 aliphatic rings. The Labute approximate surface area is 125 Å². The summed E-state index contributed by atoms with van der Waals surface area (Å²) in [4.78, 5) is 15.6. The van der Waals surface area contributed by atoms with E-state index in [2.05, 4.69) is 4.98 Å². The number of benzene rings is 1. The zero-order chi connectivity index (χ0) is 15.8. The Morgan fingerprint density at radius 1 is 1.43 bits per heavy atom. The summed E-state index contributed by atoms with van der Waals surface area (Å²) in [5, 5.41) is 0. The van der Waals surface area contributed by atoms with Gasteiger partial charge in [0.2, 0.25) is 5.91 Å². The van der Waals surface area contributed by atoms with Crippen LogP contribution in [0.1, 0.15) is 26.1 Å². The summed E-state index contributed by atoms with van der Waals surface area (Å²) >= 11 is 5.75. The molecule has 0 saturated carbocycles. The molecule has 1 heterocycles. The van der Waals surface area contributed by atoms with Gasteiger partial charge in [0.15, 0.2) is 11.6 Å². The second kappa shape index (κ2) is 5.60. The first kappa shape index (κ1) is 15.7. The van der Waals surface area contributed by atoms with Crippen LogP contribution in [0.3, 0.4) is 0 Å². The van der Waals surface area contributed by atoms with E-state index in [0.717, 1.165) is 6.07 Å². The second-order valence-corrected chi connectivity index (χ2v) is 5.87. The van der Waals surface area contributed by atoms with Gasteiger partial charge >= 0.3 is 0 Å². The van der Waals surface area contributed by atoms with Crippen molar-refractivity contribution in [2.45, 2.75) is 32.2 Å². The van der Waals surface area contributed by atoms with E-state index in [1.807, 2.05) is 0 Å². The Hall–Kier alpha value is -1.69. The maximum atomic E-state index is 14.2. The number of aromatic nitrogens is 2. The predicted octanol–water partition coefficient (Wildman–Crippen LogP) is 2.71. The van der Waals surface area contributed by atoms with Gasteiger partial charge in [-0.1, -0.05) is 0 Å². The third kappa shape index (κ3) is 2.85. The van der Waals surface area contributed by atoms with E-state index in [0.29, 0.717) is 17.8 Å². The van der Waals surface area contributed by atoms with Crippen molar-refractivity contribution in [2.75, 3.05) is 5.88 Å². The van der Waals surface area contributed by atoms with Crippen molar-refractivity contribution in [3.63, 3.8) is 0 Å². The van der Waals surface area contributed by atoms with Gasteiger partial charge in [0.1, 0.15) is 11.3 Å².